The molecule has 0 saturated heterocycles. The van der Waals surface area contributed by atoms with Gasteiger partial charge < -0.3 is 4.74 Å². The number of nitrogens with zero attached hydrogens (tertiary/aromatic N) is 1. The van der Waals surface area contributed by atoms with Crippen molar-refractivity contribution in [1.29, 1.82) is 0 Å². The van der Waals surface area contributed by atoms with Crippen molar-refractivity contribution in [2.45, 2.75) is 0 Å². The molecule has 0 radical (unpaired) electrons. The van der Waals surface area contributed by atoms with Crippen molar-refractivity contribution >= 4 is 22.9 Å². The van der Waals surface area contributed by atoms with Crippen LogP contribution in [-0.4, -0.2) is 18.7 Å². The zero-order chi connectivity index (χ0) is 16.8. The summed E-state index contributed by atoms with van der Waals surface area (Å²) in [6.07, 6.45) is 1.60. The van der Waals surface area contributed by atoms with Crippen molar-refractivity contribution in [3.05, 3.63) is 78.1 Å². The Kier molecular flexibility index (Phi) is 4.81. The van der Waals surface area contributed by atoms with Gasteiger partial charge in [-0.1, -0.05) is 42.5 Å². The Bertz CT molecular complexity index is 871. The first-order valence-corrected chi connectivity index (χ1v) is 7.40. The van der Waals surface area contributed by atoms with Crippen LogP contribution in [0.2, 0.25) is 0 Å². The fourth-order valence-electron chi connectivity index (χ4n) is 2.25. The van der Waals surface area contributed by atoms with Crippen molar-refractivity contribution in [2.24, 2.45) is 5.10 Å². The number of hydrogen-bond acceptors (Lipinski definition) is 3. The second kappa shape index (κ2) is 7.37. The third-order valence-electron chi connectivity index (χ3n) is 3.40. The van der Waals surface area contributed by atoms with E-state index >= 15 is 0 Å². The van der Waals surface area contributed by atoms with Crippen LogP contribution in [0.5, 0.6) is 5.75 Å². The molecule has 0 heterocycles. The summed E-state index contributed by atoms with van der Waals surface area (Å²) in [7, 11) is 0. The molecule has 1 N–H and O–H groups in total. The van der Waals surface area contributed by atoms with E-state index in [1.165, 1.54) is 24.3 Å². The summed E-state index contributed by atoms with van der Waals surface area (Å²) in [5.74, 6) is -0.327. The average molecular weight is 322 g/mol. The number of nitrogens with one attached hydrogen (secondary N) is 1. The number of carbonyl (C=O) groups excluding carboxylic acids is 1. The molecule has 0 aromatic heterocycles. The van der Waals surface area contributed by atoms with Gasteiger partial charge >= 0.3 is 0 Å². The summed E-state index contributed by atoms with van der Waals surface area (Å²) in [6.45, 7) is -0.196. The number of hydrazone groups is 1. The van der Waals surface area contributed by atoms with Gasteiger partial charge in [-0.3, -0.25) is 4.79 Å². The molecule has 0 fully saturated rings. The summed E-state index contributed by atoms with van der Waals surface area (Å²) >= 11 is 0. The summed E-state index contributed by atoms with van der Waals surface area (Å²) in [4.78, 5) is 11.7. The van der Waals surface area contributed by atoms with E-state index in [0.717, 1.165) is 16.3 Å². The maximum atomic E-state index is 12.8. The van der Waals surface area contributed by atoms with E-state index in [9.17, 15) is 9.18 Å². The molecule has 5 heteroatoms. The highest BCUT2D eigenvalue weighted by molar-refractivity contribution is 5.99. The van der Waals surface area contributed by atoms with Crippen molar-refractivity contribution in [2.75, 3.05) is 6.61 Å². The lowest BCUT2D eigenvalue weighted by atomic mass is 10.1. The van der Waals surface area contributed by atoms with E-state index in [1.807, 2.05) is 42.5 Å². The van der Waals surface area contributed by atoms with Gasteiger partial charge in [-0.25, -0.2) is 9.82 Å². The van der Waals surface area contributed by atoms with Crippen molar-refractivity contribution in [3.63, 3.8) is 0 Å². The van der Waals surface area contributed by atoms with Crippen LogP contribution in [0.4, 0.5) is 4.39 Å². The number of benzene rings is 3. The Morgan fingerprint density at radius 3 is 2.62 bits per heavy atom. The molecule has 3 aromatic carbocycles. The third kappa shape index (κ3) is 3.95. The van der Waals surface area contributed by atoms with Gasteiger partial charge in [-0.15, -0.1) is 0 Å². The van der Waals surface area contributed by atoms with E-state index in [-0.39, 0.29) is 12.4 Å². The van der Waals surface area contributed by atoms with Crippen molar-refractivity contribution in [1.82, 2.24) is 5.43 Å². The lowest BCUT2D eigenvalue weighted by molar-refractivity contribution is -0.123. The Labute approximate surface area is 138 Å². The van der Waals surface area contributed by atoms with Crippen LogP contribution in [0.1, 0.15) is 5.56 Å². The monoisotopic (exact) mass is 322 g/mol. The molecule has 0 atom stereocenters. The summed E-state index contributed by atoms with van der Waals surface area (Å²) < 4.78 is 18.0. The Balaban J connectivity index is 1.57. The standard InChI is InChI=1S/C19H15FN2O2/c20-16-8-10-17(11-9-16)24-13-19(23)22-21-12-15-6-3-5-14-4-1-2-7-18(14)15/h1-12H,13H2,(H,22,23)/b21-12-. The van der Waals surface area contributed by atoms with Crippen LogP contribution >= 0.6 is 0 Å². The first-order chi connectivity index (χ1) is 11.7. The first-order valence-electron chi connectivity index (χ1n) is 7.40. The largest absolute Gasteiger partial charge is 0.484 e. The molecule has 120 valence electrons. The fraction of sp³-hybridized carbons (Fsp3) is 0.0526. The van der Waals surface area contributed by atoms with Gasteiger partial charge in [0.1, 0.15) is 11.6 Å². The maximum absolute atomic E-state index is 12.8. The van der Waals surface area contributed by atoms with Crippen LogP contribution in [-0.2, 0) is 4.79 Å². The maximum Gasteiger partial charge on any atom is 0.277 e. The minimum absolute atomic E-state index is 0.196. The van der Waals surface area contributed by atoms with Crippen LogP contribution in [0.25, 0.3) is 10.8 Å². The molecular weight excluding hydrogens is 307 g/mol. The average Bonchev–Trinajstić information content (AvgIpc) is 2.61. The first kappa shape index (κ1) is 15.7. The number of carbonyl (C=O) groups is 1. The molecule has 4 nitrogen and oxygen atoms in total. The minimum Gasteiger partial charge on any atom is -0.484 e. The van der Waals surface area contributed by atoms with Crippen LogP contribution < -0.4 is 10.2 Å². The Morgan fingerprint density at radius 1 is 1.04 bits per heavy atom. The van der Waals surface area contributed by atoms with Gasteiger partial charge in [0.2, 0.25) is 0 Å². The number of fused-ring (bicyclic) bond motifs is 1. The summed E-state index contributed by atoms with van der Waals surface area (Å²) in [5, 5.41) is 6.11. The van der Waals surface area contributed by atoms with Crippen molar-refractivity contribution in [3.8, 4) is 5.75 Å². The fourth-order valence-corrected chi connectivity index (χ4v) is 2.25. The molecule has 0 spiro atoms. The zero-order valence-electron chi connectivity index (χ0n) is 12.8. The molecule has 0 aliphatic heterocycles. The second-order valence-corrected chi connectivity index (χ2v) is 5.10. The van der Waals surface area contributed by atoms with E-state index in [0.29, 0.717) is 5.75 Å². The minimum atomic E-state index is -0.393. The van der Waals surface area contributed by atoms with Gasteiger partial charge in [0.25, 0.3) is 5.91 Å². The Morgan fingerprint density at radius 2 is 1.79 bits per heavy atom. The molecule has 24 heavy (non-hydrogen) atoms. The number of amides is 1. The highest BCUT2D eigenvalue weighted by atomic mass is 19.1. The highest BCUT2D eigenvalue weighted by Crippen LogP contribution is 2.16. The Hall–Kier alpha value is -3.21. The van der Waals surface area contributed by atoms with E-state index in [1.54, 1.807) is 6.21 Å². The van der Waals surface area contributed by atoms with E-state index in [4.69, 9.17) is 4.74 Å². The van der Waals surface area contributed by atoms with Gasteiger partial charge in [-0.05, 0) is 35.0 Å². The molecule has 0 unspecified atom stereocenters. The van der Waals surface area contributed by atoms with E-state index in [2.05, 4.69) is 10.5 Å². The highest BCUT2D eigenvalue weighted by Gasteiger charge is 2.02. The molecule has 1 amide bonds. The number of hydrogen-bond donors (Lipinski definition) is 1. The number of ether oxygens (including phenoxy) is 1. The predicted octanol–water partition coefficient (Wildman–Crippen LogP) is 3.51. The molecular formula is C19H15FN2O2. The number of halogens is 1. The normalized spacial score (nSPS) is 10.9. The quantitative estimate of drug-likeness (QED) is 0.577. The summed E-state index contributed by atoms with van der Waals surface area (Å²) in [5.41, 5.74) is 3.32. The van der Waals surface area contributed by atoms with Crippen molar-refractivity contribution < 1.29 is 13.9 Å². The number of rotatable bonds is 5. The molecule has 0 aliphatic rings. The smallest absolute Gasteiger partial charge is 0.277 e. The zero-order valence-corrected chi connectivity index (χ0v) is 12.8. The molecule has 0 saturated carbocycles. The van der Waals surface area contributed by atoms with Crippen LogP contribution in [0, 0.1) is 5.82 Å². The lowest BCUT2D eigenvalue weighted by Gasteiger charge is -2.05. The van der Waals surface area contributed by atoms with Crippen LogP contribution in [0.3, 0.4) is 0 Å². The molecule has 3 aromatic rings. The van der Waals surface area contributed by atoms with Gasteiger partial charge in [-0.2, -0.15) is 5.10 Å². The van der Waals surface area contributed by atoms with E-state index < -0.39 is 5.91 Å². The van der Waals surface area contributed by atoms with Crippen LogP contribution in [0.15, 0.2) is 71.8 Å². The van der Waals surface area contributed by atoms with Gasteiger partial charge in [0, 0.05) is 5.56 Å². The SMILES string of the molecule is O=C(COc1ccc(F)cc1)N/N=C\c1cccc2ccccc12. The molecule has 0 bridgehead atoms. The predicted molar refractivity (Wildman–Crippen MR) is 91.6 cm³/mol. The second-order valence-electron chi connectivity index (χ2n) is 5.10. The van der Waals surface area contributed by atoms with Gasteiger partial charge in [0.05, 0.1) is 6.21 Å². The summed E-state index contributed by atoms with van der Waals surface area (Å²) in [6, 6.07) is 19.3. The third-order valence-corrected chi connectivity index (χ3v) is 3.40. The molecule has 0 aliphatic carbocycles. The molecule has 3 rings (SSSR count). The topological polar surface area (TPSA) is 50.7 Å². The van der Waals surface area contributed by atoms with Gasteiger partial charge in [0.15, 0.2) is 6.61 Å². The lowest BCUT2D eigenvalue weighted by Crippen LogP contribution is -2.24.